The molecule has 0 aromatic heterocycles. The number of amides is 2. The van der Waals surface area contributed by atoms with Gasteiger partial charge in [-0.05, 0) is 61.3 Å². The summed E-state index contributed by atoms with van der Waals surface area (Å²) >= 11 is 0. The second-order valence-corrected chi connectivity index (χ2v) is 7.34. The van der Waals surface area contributed by atoms with E-state index in [4.69, 9.17) is 0 Å². The minimum atomic E-state index is -0.174. The van der Waals surface area contributed by atoms with Crippen molar-refractivity contribution in [1.82, 2.24) is 0 Å². The number of ketones is 1. The summed E-state index contributed by atoms with van der Waals surface area (Å²) in [6.45, 7) is 1.50. The van der Waals surface area contributed by atoms with Crippen LogP contribution in [0.1, 0.15) is 30.1 Å². The summed E-state index contributed by atoms with van der Waals surface area (Å²) in [5.41, 5.74) is 1.40. The maximum atomic E-state index is 12.9. The zero-order chi connectivity index (χ0) is 15.9. The lowest BCUT2D eigenvalue weighted by atomic mass is 9.85. The van der Waals surface area contributed by atoms with Gasteiger partial charge >= 0.3 is 0 Å². The van der Waals surface area contributed by atoms with Gasteiger partial charge in [0.25, 0.3) is 0 Å². The molecule has 116 valence electrons. The summed E-state index contributed by atoms with van der Waals surface area (Å²) in [5, 5.41) is 0. The summed E-state index contributed by atoms with van der Waals surface area (Å²) in [7, 11) is 0. The number of anilines is 1. The first-order valence-electron chi connectivity index (χ1n) is 8.22. The number of fused-ring (bicyclic) bond motifs is 3. The molecule has 1 saturated heterocycles. The van der Waals surface area contributed by atoms with Gasteiger partial charge < -0.3 is 0 Å². The van der Waals surface area contributed by atoms with Crippen molar-refractivity contribution >= 4 is 23.3 Å². The summed E-state index contributed by atoms with van der Waals surface area (Å²) in [6.07, 6.45) is 6.64. The molecule has 1 heterocycles. The van der Waals surface area contributed by atoms with Gasteiger partial charge in [0.05, 0.1) is 17.5 Å². The number of carbonyl (C=O) groups excluding carboxylic acids is 3. The van der Waals surface area contributed by atoms with Gasteiger partial charge in [0.2, 0.25) is 11.8 Å². The Kier molecular flexibility index (Phi) is 2.30. The molecule has 0 N–H and O–H groups in total. The molecule has 2 saturated carbocycles. The third kappa shape index (κ3) is 1.44. The van der Waals surface area contributed by atoms with Crippen LogP contribution in [0.2, 0.25) is 0 Å². The third-order valence-corrected chi connectivity index (χ3v) is 6.38. The Balaban J connectivity index is 1.52. The van der Waals surface area contributed by atoms with Gasteiger partial charge in [-0.15, -0.1) is 0 Å². The molecule has 1 aromatic rings. The molecule has 0 unspecified atom stereocenters. The molecule has 4 heteroatoms. The number of rotatable bonds is 2. The van der Waals surface area contributed by atoms with Gasteiger partial charge in [-0.1, -0.05) is 12.2 Å². The molecule has 5 rings (SSSR count). The van der Waals surface area contributed by atoms with Gasteiger partial charge in [0.1, 0.15) is 0 Å². The second kappa shape index (κ2) is 3.99. The van der Waals surface area contributed by atoms with Gasteiger partial charge in [0.15, 0.2) is 5.78 Å². The van der Waals surface area contributed by atoms with Crippen molar-refractivity contribution < 1.29 is 14.4 Å². The molecule has 3 fully saturated rings. The van der Waals surface area contributed by atoms with Crippen LogP contribution in [-0.4, -0.2) is 17.6 Å². The standard InChI is InChI=1S/C19H17NO3/c1-10(21)11-2-4-12(5-3-11)20-17(22)15-13-6-7-14(16(15)18(20)23)19(13)8-9-19/h2-7,13-16H,8-9H2,1H3/t13-,14+,15-,16+. The fourth-order valence-corrected chi connectivity index (χ4v) is 5.18. The average molecular weight is 307 g/mol. The zero-order valence-corrected chi connectivity index (χ0v) is 12.9. The van der Waals surface area contributed by atoms with Crippen LogP contribution >= 0.6 is 0 Å². The van der Waals surface area contributed by atoms with Crippen LogP contribution in [0.25, 0.3) is 0 Å². The highest BCUT2D eigenvalue weighted by atomic mass is 16.2. The fourth-order valence-electron chi connectivity index (χ4n) is 5.18. The van der Waals surface area contributed by atoms with Crippen molar-refractivity contribution in [3.63, 3.8) is 0 Å². The Labute approximate surface area is 134 Å². The van der Waals surface area contributed by atoms with Gasteiger partial charge in [-0.25, -0.2) is 0 Å². The molecule has 4 aliphatic rings. The summed E-state index contributed by atoms with van der Waals surface area (Å²) in [6, 6.07) is 6.77. The smallest absolute Gasteiger partial charge is 0.238 e. The number of imide groups is 1. The number of allylic oxidation sites excluding steroid dienone is 2. The Hall–Kier alpha value is -2.23. The molecule has 2 bridgehead atoms. The third-order valence-electron chi connectivity index (χ3n) is 6.38. The van der Waals surface area contributed by atoms with Crippen LogP contribution in [0.5, 0.6) is 0 Å². The number of carbonyl (C=O) groups is 3. The van der Waals surface area contributed by atoms with Crippen LogP contribution in [0.4, 0.5) is 5.69 Å². The average Bonchev–Trinajstić information content (AvgIpc) is 3.13. The van der Waals surface area contributed by atoms with Crippen molar-refractivity contribution in [1.29, 1.82) is 0 Å². The summed E-state index contributed by atoms with van der Waals surface area (Å²) in [4.78, 5) is 38.6. The number of nitrogens with zero attached hydrogens (tertiary/aromatic N) is 1. The molecule has 4 nitrogen and oxygen atoms in total. The fraction of sp³-hybridized carbons (Fsp3) is 0.421. The first-order valence-corrected chi connectivity index (χ1v) is 8.22. The normalized spacial score (nSPS) is 35.3. The molecule has 2 amide bonds. The van der Waals surface area contributed by atoms with E-state index in [-0.39, 0.29) is 46.7 Å². The molecular weight excluding hydrogens is 290 g/mol. The first kappa shape index (κ1) is 13.2. The van der Waals surface area contributed by atoms with E-state index in [9.17, 15) is 14.4 Å². The van der Waals surface area contributed by atoms with Crippen LogP contribution < -0.4 is 4.90 Å². The molecular formula is C19H17NO3. The topological polar surface area (TPSA) is 54.5 Å². The molecule has 1 aromatic carbocycles. The molecule has 23 heavy (non-hydrogen) atoms. The number of benzene rings is 1. The maximum absolute atomic E-state index is 12.9. The zero-order valence-electron chi connectivity index (χ0n) is 12.9. The minimum Gasteiger partial charge on any atom is -0.295 e. The van der Waals surface area contributed by atoms with Crippen molar-refractivity contribution in [2.45, 2.75) is 19.8 Å². The number of Topliss-reactive ketones (excluding diaryl/α,β-unsaturated/α-hetero) is 1. The maximum Gasteiger partial charge on any atom is 0.238 e. The quantitative estimate of drug-likeness (QED) is 0.479. The predicted octanol–water partition coefficient (Wildman–Crippen LogP) is 2.59. The van der Waals surface area contributed by atoms with E-state index < -0.39 is 0 Å². The first-order chi connectivity index (χ1) is 11.0. The number of hydrogen-bond donors (Lipinski definition) is 0. The predicted molar refractivity (Wildman–Crippen MR) is 83.7 cm³/mol. The molecule has 1 aliphatic heterocycles. The van der Waals surface area contributed by atoms with Crippen molar-refractivity contribution in [3.8, 4) is 0 Å². The molecule has 3 aliphatic carbocycles. The van der Waals surface area contributed by atoms with E-state index in [0.29, 0.717) is 11.3 Å². The second-order valence-electron chi connectivity index (χ2n) is 7.34. The molecule has 0 radical (unpaired) electrons. The highest BCUT2D eigenvalue weighted by Gasteiger charge is 2.73. The lowest BCUT2D eigenvalue weighted by molar-refractivity contribution is -0.123. The Bertz CT molecular complexity index is 753. The number of hydrogen-bond acceptors (Lipinski definition) is 3. The largest absolute Gasteiger partial charge is 0.295 e. The van der Waals surface area contributed by atoms with Crippen molar-refractivity contribution in [3.05, 3.63) is 42.0 Å². The Morgan fingerprint density at radius 2 is 1.52 bits per heavy atom. The lowest BCUT2D eigenvalue weighted by Gasteiger charge is -2.21. The molecule has 1 spiro atoms. The minimum absolute atomic E-state index is 0.0228. The monoisotopic (exact) mass is 307 g/mol. The molecule has 4 atom stereocenters. The highest BCUT2D eigenvalue weighted by Crippen LogP contribution is 2.73. The SMILES string of the molecule is CC(=O)c1ccc(N2C(=O)[C@@H]3[C@H](C2=O)[C@H]2C=C[C@@H]3C23CC3)cc1. The summed E-state index contributed by atoms with van der Waals surface area (Å²) in [5.74, 6) is 0.00802. The van der Waals surface area contributed by atoms with Crippen LogP contribution in [0, 0.1) is 29.1 Å². The van der Waals surface area contributed by atoms with Gasteiger partial charge in [-0.3, -0.25) is 19.3 Å². The van der Waals surface area contributed by atoms with Gasteiger partial charge in [0, 0.05) is 5.56 Å². The van der Waals surface area contributed by atoms with Gasteiger partial charge in [-0.2, -0.15) is 0 Å². The van der Waals surface area contributed by atoms with Crippen LogP contribution in [0.3, 0.4) is 0 Å². The van der Waals surface area contributed by atoms with Crippen molar-refractivity contribution in [2.75, 3.05) is 4.90 Å². The Morgan fingerprint density at radius 1 is 1.00 bits per heavy atom. The van der Waals surface area contributed by atoms with E-state index in [1.54, 1.807) is 24.3 Å². The summed E-state index contributed by atoms with van der Waals surface area (Å²) < 4.78 is 0. The van der Waals surface area contributed by atoms with Crippen LogP contribution in [-0.2, 0) is 9.59 Å². The lowest BCUT2D eigenvalue weighted by Crippen LogP contribution is -2.34. The highest BCUT2D eigenvalue weighted by molar-refractivity contribution is 6.23. The Morgan fingerprint density at radius 3 is 1.96 bits per heavy atom. The van der Waals surface area contributed by atoms with E-state index in [1.165, 1.54) is 11.8 Å². The van der Waals surface area contributed by atoms with E-state index >= 15 is 0 Å². The van der Waals surface area contributed by atoms with E-state index in [2.05, 4.69) is 12.2 Å². The van der Waals surface area contributed by atoms with E-state index in [0.717, 1.165) is 12.8 Å². The van der Waals surface area contributed by atoms with E-state index in [1.807, 2.05) is 0 Å². The van der Waals surface area contributed by atoms with Crippen molar-refractivity contribution in [2.24, 2.45) is 29.1 Å². The van der Waals surface area contributed by atoms with Crippen LogP contribution in [0.15, 0.2) is 36.4 Å².